The lowest BCUT2D eigenvalue weighted by molar-refractivity contribution is 0.261. The summed E-state index contributed by atoms with van der Waals surface area (Å²) in [5, 5.41) is 6.79. The second kappa shape index (κ2) is 13.4. The van der Waals surface area contributed by atoms with Gasteiger partial charge in [0.15, 0.2) is 0 Å². The van der Waals surface area contributed by atoms with E-state index in [1.165, 1.54) is 40.9 Å². The van der Waals surface area contributed by atoms with Crippen LogP contribution in [0.3, 0.4) is 0 Å². The van der Waals surface area contributed by atoms with Crippen molar-refractivity contribution in [2.24, 2.45) is 0 Å². The molecule has 0 saturated carbocycles. The summed E-state index contributed by atoms with van der Waals surface area (Å²) in [4.78, 5) is 21.9. The maximum absolute atomic E-state index is 13.1. The number of hydrogen-bond acceptors (Lipinski definition) is 4. The van der Waals surface area contributed by atoms with Gasteiger partial charge in [-0.1, -0.05) is 18.2 Å². The van der Waals surface area contributed by atoms with Crippen LogP contribution in [0, 0.1) is 12.7 Å². The Morgan fingerprint density at radius 1 is 0.868 bits per heavy atom. The van der Waals surface area contributed by atoms with Crippen LogP contribution in [0.4, 0.5) is 26.2 Å². The maximum atomic E-state index is 13.1. The lowest BCUT2D eigenvalue weighted by atomic mass is 10.1. The number of benzene rings is 3. The quantitative estimate of drug-likeness (QED) is 0.283. The van der Waals surface area contributed by atoms with Crippen LogP contribution in [-0.2, 0) is 6.42 Å². The van der Waals surface area contributed by atoms with Crippen LogP contribution in [0.25, 0.3) is 10.9 Å². The molecule has 0 aliphatic carbocycles. The number of urea groups is 1. The first kappa shape index (κ1) is 29.2. The van der Waals surface area contributed by atoms with E-state index >= 15 is 0 Å². The number of amides is 2. The predicted octanol–water partition coefficient (Wildman–Crippen LogP) is 6.53. The van der Waals surface area contributed by atoms with Gasteiger partial charge in [-0.15, -0.1) is 24.8 Å². The lowest BCUT2D eigenvalue weighted by Crippen LogP contribution is -2.47. The van der Waals surface area contributed by atoms with Crippen LogP contribution >= 0.6 is 24.8 Å². The van der Waals surface area contributed by atoms with E-state index in [9.17, 15) is 9.18 Å². The van der Waals surface area contributed by atoms with Crippen molar-refractivity contribution in [2.45, 2.75) is 13.3 Å². The first-order valence-corrected chi connectivity index (χ1v) is 12.3. The predicted molar refractivity (Wildman–Crippen MR) is 159 cm³/mol. The number of halogens is 3. The molecule has 1 aromatic heterocycles. The molecule has 0 atom stereocenters. The van der Waals surface area contributed by atoms with E-state index in [1.54, 1.807) is 0 Å². The number of piperazine rings is 1. The van der Waals surface area contributed by atoms with E-state index < -0.39 is 0 Å². The SMILES string of the molecule is Cc1ccc2c(N3CCN(CCc4cccc(NC(=O)Nc5ccc(F)cc5)c4)CC3)cccc2n1.Cl.Cl. The summed E-state index contributed by atoms with van der Waals surface area (Å²) < 4.78 is 13.1. The molecular formula is C29H32Cl2FN5O. The van der Waals surface area contributed by atoms with E-state index in [0.717, 1.165) is 56.0 Å². The third kappa shape index (κ3) is 7.34. The molecule has 2 amide bonds. The third-order valence-electron chi connectivity index (χ3n) is 6.56. The lowest BCUT2D eigenvalue weighted by Gasteiger charge is -2.36. The van der Waals surface area contributed by atoms with Crippen LogP contribution < -0.4 is 15.5 Å². The zero-order chi connectivity index (χ0) is 24.9. The smallest absolute Gasteiger partial charge is 0.323 e. The zero-order valence-electron chi connectivity index (χ0n) is 21.2. The van der Waals surface area contributed by atoms with Crippen molar-refractivity contribution < 1.29 is 9.18 Å². The summed E-state index contributed by atoms with van der Waals surface area (Å²) in [5.74, 6) is -0.337. The molecule has 1 saturated heterocycles. The van der Waals surface area contributed by atoms with Gasteiger partial charge in [-0.05, 0) is 79.6 Å². The number of nitrogens with zero attached hydrogens (tertiary/aromatic N) is 3. The van der Waals surface area contributed by atoms with Crippen molar-refractivity contribution in [1.29, 1.82) is 0 Å². The van der Waals surface area contributed by atoms with Gasteiger partial charge < -0.3 is 15.5 Å². The largest absolute Gasteiger partial charge is 0.368 e. The Morgan fingerprint density at radius 2 is 1.58 bits per heavy atom. The Bertz CT molecular complexity index is 1360. The molecule has 9 heteroatoms. The first-order valence-electron chi connectivity index (χ1n) is 12.3. The van der Waals surface area contributed by atoms with Crippen LogP contribution in [-0.4, -0.2) is 48.6 Å². The number of pyridine rings is 1. The molecule has 1 fully saturated rings. The normalized spacial score (nSPS) is 13.4. The molecule has 1 aliphatic rings. The summed E-state index contributed by atoms with van der Waals surface area (Å²) in [5.41, 5.74) is 5.80. The summed E-state index contributed by atoms with van der Waals surface area (Å²) in [6.07, 6.45) is 0.909. The van der Waals surface area contributed by atoms with Crippen molar-refractivity contribution in [2.75, 3.05) is 48.3 Å². The fourth-order valence-electron chi connectivity index (χ4n) is 4.65. The Hall–Kier alpha value is -3.39. The molecule has 5 rings (SSSR count). The highest BCUT2D eigenvalue weighted by Gasteiger charge is 2.19. The van der Waals surface area contributed by atoms with Gasteiger partial charge in [-0.3, -0.25) is 9.88 Å². The number of rotatable bonds is 6. The zero-order valence-corrected chi connectivity index (χ0v) is 22.8. The number of nitrogens with one attached hydrogen (secondary N) is 2. The van der Waals surface area contributed by atoms with Crippen molar-refractivity contribution in [3.05, 3.63) is 95.9 Å². The number of fused-ring (bicyclic) bond motifs is 1. The molecule has 3 aromatic carbocycles. The van der Waals surface area contributed by atoms with E-state index in [-0.39, 0.29) is 36.7 Å². The van der Waals surface area contributed by atoms with Gasteiger partial charge in [0.1, 0.15) is 5.82 Å². The first-order chi connectivity index (χ1) is 17.5. The van der Waals surface area contributed by atoms with Crippen LogP contribution in [0.2, 0.25) is 0 Å². The van der Waals surface area contributed by atoms with Gasteiger partial charge in [0.2, 0.25) is 0 Å². The number of anilines is 3. The van der Waals surface area contributed by atoms with Crippen molar-refractivity contribution in [3.8, 4) is 0 Å². The van der Waals surface area contributed by atoms with Crippen molar-refractivity contribution in [1.82, 2.24) is 9.88 Å². The van der Waals surface area contributed by atoms with Gasteiger partial charge >= 0.3 is 6.03 Å². The van der Waals surface area contributed by atoms with Gasteiger partial charge in [0.05, 0.1) is 5.52 Å². The van der Waals surface area contributed by atoms with E-state index in [0.29, 0.717) is 5.69 Å². The van der Waals surface area contributed by atoms with Crippen molar-refractivity contribution in [3.63, 3.8) is 0 Å². The molecule has 200 valence electrons. The highest BCUT2D eigenvalue weighted by atomic mass is 35.5. The number of carbonyl (C=O) groups excluding carboxylic acids is 1. The molecule has 1 aliphatic heterocycles. The summed E-state index contributed by atoms with van der Waals surface area (Å²) in [6.45, 7) is 6.98. The molecule has 0 unspecified atom stereocenters. The van der Waals surface area contributed by atoms with E-state index in [2.05, 4.69) is 61.8 Å². The Balaban J connectivity index is 0.00000200. The Labute approximate surface area is 235 Å². The summed E-state index contributed by atoms with van der Waals surface area (Å²) in [7, 11) is 0. The van der Waals surface area contributed by atoms with Crippen molar-refractivity contribution >= 4 is 58.8 Å². The molecular weight excluding hydrogens is 524 g/mol. The standard InChI is InChI=1S/C29H30FN5O.2ClH/c1-21-8-13-26-27(31-21)6-3-7-28(26)35-18-16-34(17-19-35)15-14-22-4-2-5-25(20-22)33-29(36)32-24-11-9-23(30)10-12-24;;/h2-13,20H,14-19H2,1H3,(H2,32,33,36);2*1H. The number of carbonyl (C=O) groups is 1. The Morgan fingerprint density at radius 3 is 2.34 bits per heavy atom. The number of aromatic nitrogens is 1. The fraction of sp³-hybridized carbons (Fsp3) is 0.241. The molecule has 2 N–H and O–H groups in total. The maximum Gasteiger partial charge on any atom is 0.323 e. The summed E-state index contributed by atoms with van der Waals surface area (Å²) in [6, 6.07) is 23.9. The summed E-state index contributed by atoms with van der Waals surface area (Å²) >= 11 is 0. The highest BCUT2D eigenvalue weighted by molar-refractivity contribution is 5.99. The minimum Gasteiger partial charge on any atom is -0.368 e. The van der Waals surface area contributed by atoms with Crippen LogP contribution in [0.1, 0.15) is 11.3 Å². The fourth-order valence-corrected chi connectivity index (χ4v) is 4.65. The molecule has 4 aromatic rings. The average molecular weight is 557 g/mol. The highest BCUT2D eigenvalue weighted by Crippen LogP contribution is 2.27. The molecule has 38 heavy (non-hydrogen) atoms. The van der Waals surface area contributed by atoms with E-state index in [1.807, 2.05) is 25.1 Å². The molecule has 0 spiro atoms. The second-order valence-corrected chi connectivity index (χ2v) is 9.16. The van der Waals surface area contributed by atoms with Gasteiger partial charge in [0.25, 0.3) is 0 Å². The third-order valence-corrected chi connectivity index (χ3v) is 6.56. The number of hydrogen-bond donors (Lipinski definition) is 2. The minimum atomic E-state index is -0.353. The molecule has 6 nitrogen and oxygen atoms in total. The van der Waals surface area contributed by atoms with Gasteiger partial charge in [0, 0.05) is 60.9 Å². The van der Waals surface area contributed by atoms with Gasteiger partial charge in [-0.25, -0.2) is 9.18 Å². The Kier molecular flexibility index (Phi) is 10.3. The molecule has 2 heterocycles. The van der Waals surface area contributed by atoms with Crippen LogP contribution in [0.5, 0.6) is 0 Å². The average Bonchev–Trinajstić information content (AvgIpc) is 2.89. The topological polar surface area (TPSA) is 60.5 Å². The monoisotopic (exact) mass is 555 g/mol. The van der Waals surface area contributed by atoms with Gasteiger partial charge in [-0.2, -0.15) is 0 Å². The van der Waals surface area contributed by atoms with Crippen LogP contribution in [0.15, 0.2) is 78.9 Å². The second-order valence-electron chi connectivity index (χ2n) is 9.16. The molecule has 0 radical (unpaired) electrons. The number of aryl methyl sites for hydroxylation is 1. The molecule has 0 bridgehead atoms. The van der Waals surface area contributed by atoms with E-state index in [4.69, 9.17) is 0 Å². The minimum absolute atomic E-state index is 0.